The third-order valence-electron chi connectivity index (χ3n) is 2.38. The van der Waals surface area contributed by atoms with Gasteiger partial charge >= 0.3 is 0 Å². The number of aliphatic hydroxyl groups excluding tert-OH is 1. The zero-order valence-corrected chi connectivity index (χ0v) is 8.15. The van der Waals surface area contributed by atoms with E-state index < -0.39 is 0 Å². The van der Waals surface area contributed by atoms with Gasteiger partial charge in [0.05, 0.1) is 6.10 Å². The summed E-state index contributed by atoms with van der Waals surface area (Å²) < 4.78 is 0. The van der Waals surface area contributed by atoms with Crippen LogP contribution in [0.3, 0.4) is 0 Å². The van der Waals surface area contributed by atoms with Crippen molar-refractivity contribution in [2.45, 2.75) is 39.7 Å². The van der Waals surface area contributed by atoms with Crippen molar-refractivity contribution >= 4 is 0 Å². The monoisotopic (exact) mass is 159 g/mol. The third-order valence-corrected chi connectivity index (χ3v) is 2.38. The maximum Gasteiger partial charge on any atom is 0.0563 e. The van der Waals surface area contributed by atoms with Crippen LogP contribution in [0, 0.1) is 5.41 Å². The molecule has 0 aliphatic rings. The van der Waals surface area contributed by atoms with Gasteiger partial charge in [0.25, 0.3) is 0 Å². The van der Waals surface area contributed by atoms with Crippen molar-refractivity contribution in [2.24, 2.45) is 5.41 Å². The van der Waals surface area contributed by atoms with Gasteiger partial charge in [0, 0.05) is 0 Å². The Balaban J connectivity index is 3.55. The van der Waals surface area contributed by atoms with E-state index in [2.05, 4.69) is 19.2 Å². The number of hydrogen-bond acceptors (Lipinski definition) is 2. The van der Waals surface area contributed by atoms with Crippen molar-refractivity contribution in [3.8, 4) is 0 Å². The van der Waals surface area contributed by atoms with Crippen molar-refractivity contribution < 1.29 is 5.11 Å². The van der Waals surface area contributed by atoms with Crippen LogP contribution in [0.15, 0.2) is 0 Å². The van der Waals surface area contributed by atoms with Gasteiger partial charge in [-0.2, -0.15) is 0 Å². The van der Waals surface area contributed by atoms with Gasteiger partial charge in [0.2, 0.25) is 0 Å². The van der Waals surface area contributed by atoms with Crippen LogP contribution in [0.25, 0.3) is 0 Å². The molecule has 1 atom stereocenters. The van der Waals surface area contributed by atoms with Crippen LogP contribution in [-0.2, 0) is 0 Å². The fourth-order valence-corrected chi connectivity index (χ4v) is 0.930. The SMILES string of the molecule is CNCCCC(C)(C)[C@H](C)O. The van der Waals surface area contributed by atoms with Gasteiger partial charge in [0.1, 0.15) is 0 Å². The summed E-state index contributed by atoms with van der Waals surface area (Å²) in [5.74, 6) is 0. The molecule has 0 aliphatic heterocycles. The number of hydrogen-bond donors (Lipinski definition) is 2. The number of aliphatic hydroxyl groups is 1. The molecular formula is C9H21NO. The second-order valence-electron chi connectivity index (χ2n) is 3.87. The Morgan fingerprint density at radius 1 is 1.45 bits per heavy atom. The van der Waals surface area contributed by atoms with E-state index in [1.54, 1.807) is 0 Å². The molecule has 0 saturated carbocycles. The summed E-state index contributed by atoms with van der Waals surface area (Å²) in [6, 6.07) is 0. The molecule has 0 aromatic heterocycles. The predicted molar refractivity (Wildman–Crippen MR) is 48.6 cm³/mol. The van der Waals surface area contributed by atoms with E-state index in [0.717, 1.165) is 19.4 Å². The normalized spacial score (nSPS) is 15.0. The predicted octanol–water partition coefficient (Wildman–Crippen LogP) is 1.39. The maximum atomic E-state index is 9.36. The van der Waals surface area contributed by atoms with Gasteiger partial charge in [-0.3, -0.25) is 0 Å². The van der Waals surface area contributed by atoms with E-state index in [0.29, 0.717) is 0 Å². The molecule has 0 fully saturated rings. The lowest BCUT2D eigenvalue weighted by Gasteiger charge is -2.27. The molecule has 0 rings (SSSR count). The van der Waals surface area contributed by atoms with Crippen molar-refractivity contribution in [2.75, 3.05) is 13.6 Å². The highest BCUT2D eigenvalue weighted by molar-refractivity contribution is 4.74. The van der Waals surface area contributed by atoms with Crippen molar-refractivity contribution in [1.29, 1.82) is 0 Å². The van der Waals surface area contributed by atoms with E-state index in [4.69, 9.17) is 0 Å². The first-order valence-corrected chi connectivity index (χ1v) is 4.33. The van der Waals surface area contributed by atoms with Crippen LogP contribution >= 0.6 is 0 Å². The zero-order chi connectivity index (χ0) is 8.91. The van der Waals surface area contributed by atoms with Gasteiger partial charge < -0.3 is 10.4 Å². The second kappa shape index (κ2) is 4.73. The smallest absolute Gasteiger partial charge is 0.0563 e. The molecule has 11 heavy (non-hydrogen) atoms. The molecule has 0 aliphatic carbocycles. The van der Waals surface area contributed by atoms with Crippen LogP contribution in [-0.4, -0.2) is 24.8 Å². The average Bonchev–Trinajstić information content (AvgIpc) is 1.88. The zero-order valence-electron chi connectivity index (χ0n) is 8.15. The van der Waals surface area contributed by atoms with Crippen molar-refractivity contribution in [3.63, 3.8) is 0 Å². The highest BCUT2D eigenvalue weighted by atomic mass is 16.3. The molecule has 0 unspecified atom stereocenters. The van der Waals surface area contributed by atoms with E-state index in [1.165, 1.54) is 0 Å². The summed E-state index contributed by atoms with van der Waals surface area (Å²) in [5, 5.41) is 12.5. The first kappa shape index (κ1) is 10.9. The van der Waals surface area contributed by atoms with Gasteiger partial charge in [0.15, 0.2) is 0 Å². The molecule has 68 valence electrons. The fourth-order valence-electron chi connectivity index (χ4n) is 0.930. The molecule has 0 heterocycles. The highest BCUT2D eigenvalue weighted by Crippen LogP contribution is 2.26. The van der Waals surface area contributed by atoms with Crippen molar-refractivity contribution in [1.82, 2.24) is 5.32 Å². The summed E-state index contributed by atoms with van der Waals surface area (Å²) in [6.07, 6.45) is 2.00. The lowest BCUT2D eigenvalue weighted by Crippen LogP contribution is -2.27. The van der Waals surface area contributed by atoms with E-state index in [-0.39, 0.29) is 11.5 Å². The lowest BCUT2D eigenvalue weighted by atomic mass is 9.83. The van der Waals surface area contributed by atoms with E-state index in [1.807, 2.05) is 14.0 Å². The minimum atomic E-state index is -0.209. The molecule has 0 bridgehead atoms. The Bertz CT molecular complexity index is 99.7. The summed E-state index contributed by atoms with van der Waals surface area (Å²) >= 11 is 0. The van der Waals surface area contributed by atoms with Gasteiger partial charge in [-0.25, -0.2) is 0 Å². The van der Waals surface area contributed by atoms with Crippen LogP contribution < -0.4 is 5.32 Å². The minimum Gasteiger partial charge on any atom is -0.393 e. The maximum absolute atomic E-state index is 9.36. The number of nitrogens with one attached hydrogen (secondary N) is 1. The summed E-state index contributed by atoms with van der Waals surface area (Å²) in [6.45, 7) is 7.11. The molecule has 0 aromatic carbocycles. The van der Waals surface area contributed by atoms with Crippen molar-refractivity contribution in [3.05, 3.63) is 0 Å². The minimum absolute atomic E-state index is 0.0663. The largest absolute Gasteiger partial charge is 0.393 e. The Morgan fingerprint density at radius 3 is 2.36 bits per heavy atom. The van der Waals surface area contributed by atoms with E-state index >= 15 is 0 Å². The molecule has 0 radical (unpaired) electrons. The molecule has 0 aromatic rings. The van der Waals surface area contributed by atoms with Gasteiger partial charge in [-0.15, -0.1) is 0 Å². The first-order chi connectivity index (χ1) is 5.00. The molecule has 0 amide bonds. The van der Waals surface area contributed by atoms with Crippen LogP contribution in [0.2, 0.25) is 0 Å². The Hall–Kier alpha value is -0.0800. The first-order valence-electron chi connectivity index (χ1n) is 4.33. The third kappa shape index (κ3) is 4.38. The fraction of sp³-hybridized carbons (Fsp3) is 1.00. The van der Waals surface area contributed by atoms with Gasteiger partial charge in [-0.05, 0) is 38.8 Å². The molecule has 2 N–H and O–H groups in total. The molecule has 0 spiro atoms. The Morgan fingerprint density at radius 2 is 2.00 bits per heavy atom. The van der Waals surface area contributed by atoms with Crippen LogP contribution in [0.5, 0.6) is 0 Å². The molecule has 0 saturated heterocycles. The summed E-state index contributed by atoms with van der Waals surface area (Å²) in [5.41, 5.74) is 0.0663. The average molecular weight is 159 g/mol. The van der Waals surface area contributed by atoms with E-state index in [9.17, 15) is 5.11 Å². The molecular weight excluding hydrogens is 138 g/mol. The summed E-state index contributed by atoms with van der Waals surface area (Å²) in [4.78, 5) is 0. The van der Waals surface area contributed by atoms with Crippen LogP contribution in [0.4, 0.5) is 0 Å². The standard InChI is InChI=1S/C9H21NO/c1-8(11)9(2,3)6-5-7-10-4/h8,10-11H,5-7H2,1-4H3/t8-/m0/s1. The highest BCUT2D eigenvalue weighted by Gasteiger charge is 2.22. The number of rotatable bonds is 5. The van der Waals surface area contributed by atoms with Crippen LogP contribution in [0.1, 0.15) is 33.6 Å². The second-order valence-corrected chi connectivity index (χ2v) is 3.87. The summed E-state index contributed by atoms with van der Waals surface area (Å²) in [7, 11) is 1.95. The quantitative estimate of drug-likeness (QED) is 0.594. The van der Waals surface area contributed by atoms with Gasteiger partial charge in [-0.1, -0.05) is 13.8 Å². The molecule has 2 heteroatoms. The topological polar surface area (TPSA) is 32.3 Å². The Kier molecular flexibility index (Phi) is 4.69. The Labute approximate surface area is 70.0 Å². The lowest BCUT2D eigenvalue weighted by molar-refractivity contribution is 0.0584. The molecule has 2 nitrogen and oxygen atoms in total.